The second-order valence-corrected chi connectivity index (χ2v) is 5.79. The Balaban J connectivity index is 2.40. The number of carbonyl (C=O) groups is 1. The van der Waals surface area contributed by atoms with Gasteiger partial charge in [-0.3, -0.25) is 9.78 Å². The lowest BCUT2D eigenvalue weighted by Gasteiger charge is -2.17. The third kappa shape index (κ3) is 2.58. The van der Waals surface area contributed by atoms with E-state index in [-0.39, 0.29) is 11.2 Å². The van der Waals surface area contributed by atoms with Gasteiger partial charge in [-0.1, -0.05) is 39.0 Å². The Morgan fingerprint density at radius 3 is 2.56 bits per heavy atom. The van der Waals surface area contributed by atoms with Crippen LogP contribution in [0.1, 0.15) is 32.0 Å². The lowest BCUT2D eigenvalue weighted by atomic mass is 9.87. The number of benzene rings is 1. The Morgan fingerprint density at radius 2 is 1.89 bits per heavy atom. The van der Waals surface area contributed by atoms with Gasteiger partial charge < -0.3 is 0 Å². The molecule has 0 N–H and O–H groups in total. The predicted octanol–water partition coefficient (Wildman–Crippen LogP) is 3.70. The molecule has 0 unspecified atom stereocenters. The Labute approximate surface area is 108 Å². The summed E-state index contributed by atoms with van der Waals surface area (Å²) < 4.78 is 0. The molecule has 0 spiro atoms. The number of aryl methyl sites for hydroxylation is 1. The summed E-state index contributed by atoms with van der Waals surface area (Å²) in [6.07, 6.45) is 0.417. The van der Waals surface area contributed by atoms with Gasteiger partial charge in [-0.2, -0.15) is 0 Å². The van der Waals surface area contributed by atoms with Crippen LogP contribution in [0.15, 0.2) is 30.3 Å². The lowest BCUT2D eigenvalue weighted by molar-refractivity contribution is -0.125. The van der Waals surface area contributed by atoms with E-state index in [2.05, 4.69) is 11.1 Å². The van der Waals surface area contributed by atoms with Crippen molar-refractivity contribution in [2.45, 2.75) is 34.1 Å². The molecular weight excluding hydrogens is 222 g/mol. The highest BCUT2D eigenvalue weighted by Crippen LogP contribution is 2.21. The van der Waals surface area contributed by atoms with Gasteiger partial charge in [0.15, 0.2) is 0 Å². The summed E-state index contributed by atoms with van der Waals surface area (Å²) in [5.41, 5.74) is 2.64. The molecular formula is C16H19NO. The minimum absolute atomic E-state index is 0.230. The van der Waals surface area contributed by atoms with Crippen LogP contribution >= 0.6 is 0 Å². The third-order valence-corrected chi connectivity index (χ3v) is 3.18. The molecule has 0 aliphatic rings. The summed E-state index contributed by atoms with van der Waals surface area (Å²) in [5.74, 6) is 0.230. The maximum absolute atomic E-state index is 12.1. The fourth-order valence-corrected chi connectivity index (χ4v) is 1.86. The standard InChI is InChI=1S/C16H19NO/c1-11-9-12-7-5-6-8-13(12)17-14(11)10-15(18)16(2,3)4/h5-9H,10H2,1-4H3. The maximum Gasteiger partial charge on any atom is 0.144 e. The quantitative estimate of drug-likeness (QED) is 0.802. The number of nitrogens with zero attached hydrogens (tertiary/aromatic N) is 1. The van der Waals surface area contributed by atoms with E-state index in [1.165, 1.54) is 0 Å². The third-order valence-electron chi connectivity index (χ3n) is 3.18. The van der Waals surface area contributed by atoms with Crippen molar-refractivity contribution in [3.8, 4) is 0 Å². The van der Waals surface area contributed by atoms with Crippen LogP contribution in [0.5, 0.6) is 0 Å². The molecule has 0 aliphatic heterocycles. The molecule has 1 aromatic carbocycles. The van der Waals surface area contributed by atoms with E-state index in [9.17, 15) is 4.79 Å². The van der Waals surface area contributed by atoms with Crippen molar-refractivity contribution in [1.82, 2.24) is 4.98 Å². The first-order valence-electron chi connectivity index (χ1n) is 6.26. The van der Waals surface area contributed by atoms with E-state index in [4.69, 9.17) is 0 Å². The first-order valence-corrected chi connectivity index (χ1v) is 6.26. The van der Waals surface area contributed by atoms with Crippen molar-refractivity contribution in [3.63, 3.8) is 0 Å². The van der Waals surface area contributed by atoms with Crippen molar-refractivity contribution in [3.05, 3.63) is 41.6 Å². The number of Topliss-reactive ketones (excluding diaryl/α,β-unsaturated/α-hetero) is 1. The van der Waals surface area contributed by atoms with Gasteiger partial charge in [0.2, 0.25) is 0 Å². The molecule has 0 radical (unpaired) electrons. The number of hydrogen-bond acceptors (Lipinski definition) is 2. The topological polar surface area (TPSA) is 30.0 Å². The Hall–Kier alpha value is -1.70. The molecule has 0 aliphatic carbocycles. The number of ketones is 1. The van der Waals surface area contributed by atoms with Crippen LogP contribution in [0.2, 0.25) is 0 Å². The number of fused-ring (bicyclic) bond motifs is 1. The maximum atomic E-state index is 12.1. The van der Waals surface area contributed by atoms with Crippen molar-refractivity contribution >= 4 is 16.7 Å². The van der Waals surface area contributed by atoms with Gasteiger partial charge in [-0.25, -0.2) is 0 Å². The SMILES string of the molecule is Cc1cc2ccccc2nc1CC(=O)C(C)(C)C. The molecule has 2 aromatic rings. The first-order chi connectivity index (χ1) is 8.38. The number of aromatic nitrogens is 1. The van der Waals surface area contributed by atoms with E-state index in [1.807, 2.05) is 52.0 Å². The molecule has 0 amide bonds. The van der Waals surface area contributed by atoms with Gasteiger partial charge in [0.1, 0.15) is 5.78 Å². The molecule has 94 valence electrons. The molecule has 0 saturated carbocycles. The Morgan fingerprint density at radius 1 is 1.22 bits per heavy atom. The smallest absolute Gasteiger partial charge is 0.144 e. The van der Waals surface area contributed by atoms with Crippen LogP contribution in [-0.4, -0.2) is 10.8 Å². The van der Waals surface area contributed by atoms with Crippen molar-refractivity contribution in [2.24, 2.45) is 5.41 Å². The fraction of sp³-hybridized carbons (Fsp3) is 0.375. The van der Waals surface area contributed by atoms with Gasteiger partial charge in [-0.05, 0) is 24.6 Å². The molecule has 1 aromatic heterocycles. The Bertz CT molecular complexity index is 594. The highest BCUT2D eigenvalue weighted by Gasteiger charge is 2.22. The van der Waals surface area contributed by atoms with E-state index >= 15 is 0 Å². The van der Waals surface area contributed by atoms with E-state index in [0.29, 0.717) is 6.42 Å². The van der Waals surface area contributed by atoms with Crippen LogP contribution < -0.4 is 0 Å². The summed E-state index contributed by atoms with van der Waals surface area (Å²) >= 11 is 0. The second kappa shape index (κ2) is 4.52. The van der Waals surface area contributed by atoms with E-state index in [0.717, 1.165) is 22.2 Å². The summed E-state index contributed by atoms with van der Waals surface area (Å²) in [6.45, 7) is 7.87. The molecule has 2 heteroatoms. The normalized spacial score (nSPS) is 11.8. The minimum atomic E-state index is -0.306. The second-order valence-electron chi connectivity index (χ2n) is 5.79. The largest absolute Gasteiger partial charge is 0.299 e. The minimum Gasteiger partial charge on any atom is -0.299 e. The summed E-state index contributed by atoms with van der Waals surface area (Å²) in [7, 11) is 0. The zero-order valence-electron chi connectivity index (χ0n) is 11.4. The average Bonchev–Trinajstić information content (AvgIpc) is 2.28. The highest BCUT2D eigenvalue weighted by atomic mass is 16.1. The van der Waals surface area contributed by atoms with Gasteiger partial charge in [0.05, 0.1) is 11.2 Å². The number of pyridine rings is 1. The zero-order chi connectivity index (χ0) is 13.3. The van der Waals surface area contributed by atoms with Gasteiger partial charge in [0, 0.05) is 17.2 Å². The lowest BCUT2D eigenvalue weighted by Crippen LogP contribution is -2.23. The molecule has 0 bridgehead atoms. The number of para-hydroxylation sites is 1. The van der Waals surface area contributed by atoms with Crippen LogP contribution in [0.4, 0.5) is 0 Å². The number of carbonyl (C=O) groups excluding carboxylic acids is 1. The molecule has 0 saturated heterocycles. The Kier molecular flexibility index (Phi) is 3.20. The molecule has 0 atom stereocenters. The highest BCUT2D eigenvalue weighted by molar-refractivity contribution is 5.87. The number of hydrogen-bond donors (Lipinski definition) is 0. The van der Waals surface area contributed by atoms with Crippen molar-refractivity contribution in [1.29, 1.82) is 0 Å². The zero-order valence-corrected chi connectivity index (χ0v) is 11.4. The van der Waals surface area contributed by atoms with Gasteiger partial charge >= 0.3 is 0 Å². The van der Waals surface area contributed by atoms with E-state index in [1.54, 1.807) is 0 Å². The average molecular weight is 241 g/mol. The van der Waals surface area contributed by atoms with Crippen LogP contribution in [0.25, 0.3) is 10.9 Å². The first kappa shape index (κ1) is 12.7. The van der Waals surface area contributed by atoms with Crippen molar-refractivity contribution < 1.29 is 4.79 Å². The summed E-state index contributed by atoms with van der Waals surface area (Å²) in [4.78, 5) is 16.7. The fourth-order valence-electron chi connectivity index (χ4n) is 1.86. The molecule has 2 nitrogen and oxygen atoms in total. The molecule has 0 fully saturated rings. The number of rotatable bonds is 2. The summed E-state index contributed by atoms with van der Waals surface area (Å²) in [6, 6.07) is 10.1. The molecule has 1 heterocycles. The van der Waals surface area contributed by atoms with Crippen LogP contribution in [-0.2, 0) is 11.2 Å². The van der Waals surface area contributed by atoms with Gasteiger partial charge in [-0.15, -0.1) is 0 Å². The van der Waals surface area contributed by atoms with E-state index < -0.39 is 0 Å². The van der Waals surface area contributed by atoms with Crippen LogP contribution in [0, 0.1) is 12.3 Å². The summed E-state index contributed by atoms with van der Waals surface area (Å²) in [5, 5.41) is 1.13. The van der Waals surface area contributed by atoms with Crippen molar-refractivity contribution in [2.75, 3.05) is 0 Å². The van der Waals surface area contributed by atoms with Crippen LogP contribution in [0.3, 0.4) is 0 Å². The molecule has 18 heavy (non-hydrogen) atoms. The molecule has 2 rings (SSSR count). The monoisotopic (exact) mass is 241 g/mol. The predicted molar refractivity (Wildman–Crippen MR) is 74.6 cm³/mol. The van der Waals surface area contributed by atoms with Gasteiger partial charge in [0.25, 0.3) is 0 Å².